The van der Waals surface area contributed by atoms with Gasteiger partial charge >= 0.3 is 6.18 Å². The van der Waals surface area contributed by atoms with E-state index in [2.05, 4.69) is 10.1 Å². The van der Waals surface area contributed by atoms with Gasteiger partial charge in [0.2, 0.25) is 5.91 Å². The summed E-state index contributed by atoms with van der Waals surface area (Å²) in [7, 11) is 0. The van der Waals surface area contributed by atoms with Crippen LogP contribution >= 0.6 is 0 Å². The van der Waals surface area contributed by atoms with Gasteiger partial charge in [0.05, 0.1) is 24.8 Å². The molecule has 1 unspecified atom stereocenters. The Kier molecular flexibility index (Phi) is 6.09. The standard InChI is InChI=1S/C16H18F3N3O3/c1-11-9-22(4-5-24-11)15(23)8-21-13-2-3-14(12(6-13)7-20)25-10-16(17,18)19/h2-3,6,11,21H,4-5,8-10H2,1H3. The maximum absolute atomic E-state index is 12.2. The molecule has 1 heterocycles. The van der Waals surface area contributed by atoms with Crippen LogP contribution in [0, 0.1) is 11.3 Å². The van der Waals surface area contributed by atoms with Crippen molar-refractivity contribution in [1.29, 1.82) is 5.26 Å². The predicted octanol–water partition coefficient (Wildman–Crippen LogP) is 2.16. The highest BCUT2D eigenvalue weighted by molar-refractivity contribution is 5.81. The Morgan fingerprint density at radius 3 is 2.92 bits per heavy atom. The van der Waals surface area contributed by atoms with Gasteiger partial charge in [-0.3, -0.25) is 4.79 Å². The van der Waals surface area contributed by atoms with Crippen LogP contribution in [0.2, 0.25) is 0 Å². The monoisotopic (exact) mass is 357 g/mol. The highest BCUT2D eigenvalue weighted by atomic mass is 19.4. The van der Waals surface area contributed by atoms with Crippen molar-refractivity contribution in [2.45, 2.75) is 19.2 Å². The van der Waals surface area contributed by atoms with Crippen molar-refractivity contribution in [2.75, 3.05) is 38.2 Å². The lowest BCUT2D eigenvalue weighted by Gasteiger charge is -2.31. The van der Waals surface area contributed by atoms with E-state index in [1.807, 2.05) is 6.92 Å². The summed E-state index contributed by atoms with van der Waals surface area (Å²) in [5.41, 5.74) is 0.410. The van der Waals surface area contributed by atoms with E-state index in [1.54, 1.807) is 11.0 Å². The first-order valence-electron chi connectivity index (χ1n) is 7.65. The average molecular weight is 357 g/mol. The molecular formula is C16H18F3N3O3. The van der Waals surface area contributed by atoms with E-state index in [0.717, 1.165) is 0 Å². The first kappa shape index (κ1) is 18.9. The van der Waals surface area contributed by atoms with Crippen LogP contribution in [0.25, 0.3) is 0 Å². The zero-order chi connectivity index (χ0) is 18.4. The van der Waals surface area contributed by atoms with Gasteiger partial charge in [0.15, 0.2) is 6.61 Å². The zero-order valence-electron chi connectivity index (χ0n) is 13.6. The summed E-state index contributed by atoms with van der Waals surface area (Å²) in [6.45, 7) is 1.93. The van der Waals surface area contributed by atoms with E-state index in [1.165, 1.54) is 18.2 Å². The lowest BCUT2D eigenvalue weighted by atomic mass is 10.2. The molecule has 1 saturated heterocycles. The predicted molar refractivity (Wildman–Crippen MR) is 83.2 cm³/mol. The highest BCUT2D eigenvalue weighted by Gasteiger charge is 2.29. The number of ether oxygens (including phenoxy) is 2. The Morgan fingerprint density at radius 2 is 2.28 bits per heavy atom. The molecule has 1 amide bonds. The molecule has 0 saturated carbocycles. The van der Waals surface area contributed by atoms with E-state index >= 15 is 0 Å². The normalized spacial score (nSPS) is 17.7. The van der Waals surface area contributed by atoms with E-state index in [9.17, 15) is 18.0 Å². The number of benzene rings is 1. The summed E-state index contributed by atoms with van der Waals surface area (Å²) in [6, 6.07) is 5.86. The van der Waals surface area contributed by atoms with Crippen molar-refractivity contribution in [3.05, 3.63) is 23.8 Å². The molecule has 9 heteroatoms. The van der Waals surface area contributed by atoms with Crippen molar-refractivity contribution in [3.8, 4) is 11.8 Å². The Labute approximate surface area is 143 Å². The van der Waals surface area contributed by atoms with Gasteiger partial charge in [-0.25, -0.2) is 0 Å². The molecule has 1 aromatic rings. The molecule has 0 spiro atoms. The zero-order valence-corrected chi connectivity index (χ0v) is 13.6. The topological polar surface area (TPSA) is 74.6 Å². The number of nitrogens with zero attached hydrogens (tertiary/aromatic N) is 2. The summed E-state index contributed by atoms with van der Waals surface area (Å²) in [4.78, 5) is 13.8. The van der Waals surface area contributed by atoms with E-state index in [4.69, 9.17) is 10.00 Å². The number of hydrogen-bond acceptors (Lipinski definition) is 5. The minimum absolute atomic E-state index is 0.0142. The molecule has 0 aromatic heterocycles. The largest absolute Gasteiger partial charge is 0.483 e. The SMILES string of the molecule is CC1CN(C(=O)CNc2ccc(OCC(F)(F)F)c(C#N)c2)CCO1. The van der Waals surface area contributed by atoms with Crippen LogP contribution in [-0.2, 0) is 9.53 Å². The third-order valence-electron chi connectivity index (χ3n) is 3.53. The van der Waals surface area contributed by atoms with Gasteiger partial charge < -0.3 is 19.7 Å². The molecule has 136 valence electrons. The maximum atomic E-state index is 12.2. The molecule has 6 nitrogen and oxygen atoms in total. The number of halogens is 3. The lowest BCUT2D eigenvalue weighted by Crippen LogP contribution is -2.46. The number of alkyl halides is 3. The maximum Gasteiger partial charge on any atom is 0.422 e. The van der Waals surface area contributed by atoms with Gasteiger partial charge in [0.25, 0.3) is 0 Å². The molecule has 0 aliphatic carbocycles. The van der Waals surface area contributed by atoms with Crippen LogP contribution in [0.5, 0.6) is 5.75 Å². The van der Waals surface area contributed by atoms with Crippen LogP contribution in [0.4, 0.5) is 18.9 Å². The molecular weight excluding hydrogens is 339 g/mol. The molecule has 0 bridgehead atoms. The van der Waals surface area contributed by atoms with Crippen LogP contribution < -0.4 is 10.1 Å². The molecule has 0 radical (unpaired) electrons. The molecule has 2 rings (SSSR count). The molecule has 1 fully saturated rings. The van der Waals surface area contributed by atoms with Crippen molar-refractivity contribution in [1.82, 2.24) is 4.90 Å². The fourth-order valence-electron chi connectivity index (χ4n) is 2.35. The minimum Gasteiger partial charge on any atom is -0.483 e. The molecule has 1 atom stereocenters. The van der Waals surface area contributed by atoms with E-state index < -0.39 is 12.8 Å². The molecule has 1 aliphatic heterocycles. The Bertz CT molecular complexity index is 658. The average Bonchev–Trinajstić information content (AvgIpc) is 2.57. The number of rotatable bonds is 5. The Balaban J connectivity index is 1.94. The second-order valence-corrected chi connectivity index (χ2v) is 5.60. The fraction of sp³-hybridized carbons (Fsp3) is 0.500. The second kappa shape index (κ2) is 8.07. The summed E-state index contributed by atoms with van der Waals surface area (Å²) in [6.07, 6.45) is -4.50. The number of carbonyl (C=O) groups excluding carboxylic acids is 1. The molecule has 25 heavy (non-hydrogen) atoms. The number of amides is 1. The fourth-order valence-corrected chi connectivity index (χ4v) is 2.35. The number of nitriles is 1. The van der Waals surface area contributed by atoms with Crippen molar-refractivity contribution in [2.24, 2.45) is 0 Å². The third kappa shape index (κ3) is 5.83. The molecule has 1 N–H and O–H groups in total. The van der Waals surface area contributed by atoms with Crippen LogP contribution in [0.15, 0.2) is 18.2 Å². The molecule has 1 aromatic carbocycles. The lowest BCUT2D eigenvalue weighted by molar-refractivity contribution is -0.153. The Morgan fingerprint density at radius 1 is 1.52 bits per heavy atom. The summed E-state index contributed by atoms with van der Waals surface area (Å²) < 4.78 is 46.6. The number of nitrogens with one attached hydrogen (secondary N) is 1. The summed E-state index contributed by atoms with van der Waals surface area (Å²) in [5, 5.41) is 11.9. The number of hydrogen-bond donors (Lipinski definition) is 1. The molecule has 1 aliphatic rings. The van der Waals surface area contributed by atoms with E-state index in [-0.39, 0.29) is 29.9 Å². The Hall–Kier alpha value is -2.47. The van der Waals surface area contributed by atoms with Gasteiger partial charge in [-0.15, -0.1) is 0 Å². The summed E-state index contributed by atoms with van der Waals surface area (Å²) >= 11 is 0. The third-order valence-corrected chi connectivity index (χ3v) is 3.53. The quantitative estimate of drug-likeness (QED) is 0.874. The first-order valence-corrected chi connectivity index (χ1v) is 7.65. The highest BCUT2D eigenvalue weighted by Crippen LogP contribution is 2.24. The van der Waals surface area contributed by atoms with Crippen LogP contribution in [0.3, 0.4) is 0 Å². The van der Waals surface area contributed by atoms with Gasteiger partial charge in [-0.05, 0) is 25.1 Å². The minimum atomic E-state index is -4.48. The first-order chi connectivity index (χ1) is 11.8. The van der Waals surface area contributed by atoms with Crippen molar-refractivity contribution in [3.63, 3.8) is 0 Å². The van der Waals surface area contributed by atoms with Gasteiger partial charge in [0.1, 0.15) is 11.8 Å². The summed E-state index contributed by atoms with van der Waals surface area (Å²) in [5.74, 6) is -0.273. The smallest absolute Gasteiger partial charge is 0.422 e. The van der Waals surface area contributed by atoms with E-state index in [0.29, 0.717) is 25.4 Å². The number of anilines is 1. The van der Waals surface area contributed by atoms with Gasteiger partial charge in [-0.2, -0.15) is 18.4 Å². The van der Waals surface area contributed by atoms with Gasteiger partial charge in [0, 0.05) is 18.8 Å². The van der Waals surface area contributed by atoms with Crippen molar-refractivity contribution >= 4 is 11.6 Å². The van der Waals surface area contributed by atoms with Crippen LogP contribution in [0.1, 0.15) is 12.5 Å². The van der Waals surface area contributed by atoms with Crippen molar-refractivity contribution < 1.29 is 27.4 Å². The second-order valence-electron chi connectivity index (χ2n) is 5.60. The number of carbonyl (C=O) groups is 1. The number of morpholine rings is 1. The van der Waals surface area contributed by atoms with Gasteiger partial charge in [-0.1, -0.05) is 0 Å². The van der Waals surface area contributed by atoms with Crippen LogP contribution in [-0.4, -0.2) is 55.9 Å².